The Hall–Kier alpha value is -11.2. The van der Waals surface area contributed by atoms with E-state index in [4.69, 9.17) is 28.4 Å². The average molecular weight is 1690 g/mol. The molecule has 0 unspecified atom stereocenters. The third kappa shape index (κ3) is 21.6. The number of halogens is 7. The van der Waals surface area contributed by atoms with Gasteiger partial charge in [0.1, 0.15) is 96.5 Å². The Morgan fingerprint density at radius 2 is 0.524 bits per heavy atom. The van der Waals surface area contributed by atoms with Crippen molar-refractivity contribution in [2.75, 3.05) is 138 Å². The number of piperidine rings is 3. The van der Waals surface area contributed by atoms with Gasteiger partial charge in [0, 0.05) is 60.5 Å². The maximum absolute atomic E-state index is 13.4. The van der Waals surface area contributed by atoms with Crippen molar-refractivity contribution in [3.05, 3.63) is 343 Å². The number of alkyl halides is 3. The molecule has 0 amide bonds. The van der Waals surface area contributed by atoms with Crippen molar-refractivity contribution in [2.24, 2.45) is 0 Å². The molecule has 5 saturated heterocycles. The highest BCUT2D eigenvalue weighted by molar-refractivity contribution is 5.91. The Kier molecular flexibility index (Phi) is 28.6. The minimum absolute atomic E-state index is 0.197. The van der Waals surface area contributed by atoms with Crippen molar-refractivity contribution in [2.45, 2.75) is 89.6 Å². The zero-order chi connectivity index (χ0) is 85.3. The first kappa shape index (κ1) is 86.3. The number of ether oxygens (including phenoxy) is 6. The van der Waals surface area contributed by atoms with E-state index in [2.05, 4.69) is 36.6 Å². The van der Waals surface area contributed by atoms with E-state index in [0.717, 1.165) is 211 Å². The quantitative estimate of drug-likeness (QED) is 0.0934. The van der Waals surface area contributed by atoms with Crippen LogP contribution in [0.2, 0.25) is 0 Å². The number of likely N-dealkylation sites (tertiary alicyclic amines) is 5. The van der Waals surface area contributed by atoms with Gasteiger partial charge in [-0.2, -0.15) is 13.2 Å². The molecule has 10 heterocycles. The van der Waals surface area contributed by atoms with Crippen LogP contribution in [0, 0.1) is 23.3 Å². The highest BCUT2D eigenvalue weighted by Crippen LogP contribution is 2.46. The molecule has 124 heavy (non-hydrogen) atoms. The van der Waals surface area contributed by atoms with E-state index in [1.807, 2.05) is 115 Å². The third-order valence-electron chi connectivity index (χ3n) is 24.8. The summed E-state index contributed by atoms with van der Waals surface area (Å²) in [4.78, 5) is 12.3. The van der Waals surface area contributed by atoms with Crippen LogP contribution in [0.5, 0.6) is 40.2 Å². The van der Waals surface area contributed by atoms with E-state index in [9.17, 15) is 35.8 Å². The van der Waals surface area contributed by atoms with Crippen LogP contribution in [0.1, 0.15) is 145 Å². The number of phenolic OH excluding ortho intramolecular Hbond substituents is 1. The molecular formula is C105H108F7N5O7. The van der Waals surface area contributed by atoms with Crippen molar-refractivity contribution in [3.63, 3.8) is 0 Å². The Balaban J connectivity index is 0.000000115. The highest BCUT2D eigenvalue weighted by atomic mass is 19.4. The smallest absolute Gasteiger partial charge is 0.416 e. The zero-order valence-corrected chi connectivity index (χ0v) is 70.6. The molecule has 10 aliphatic rings. The van der Waals surface area contributed by atoms with Crippen molar-refractivity contribution in [1.29, 1.82) is 0 Å². The van der Waals surface area contributed by atoms with Crippen LogP contribution in [0.4, 0.5) is 30.7 Å². The van der Waals surface area contributed by atoms with Crippen LogP contribution in [0.3, 0.4) is 0 Å². The van der Waals surface area contributed by atoms with E-state index in [-0.39, 0.29) is 29.0 Å². The highest BCUT2D eigenvalue weighted by Gasteiger charge is 2.34. The molecule has 12 nitrogen and oxygen atoms in total. The molecule has 0 aliphatic carbocycles. The van der Waals surface area contributed by atoms with Crippen LogP contribution in [-0.2, 0) is 6.18 Å². The first-order chi connectivity index (χ1) is 60.6. The second-order valence-corrected chi connectivity index (χ2v) is 33.4. The van der Waals surface area contributed by atoms with Gasteiger partial charge >= 0.3 is 6.18 Å². The maximum Gasteiger partial charge on any atom is 0.416 e. The summed E-state index contributed by atoms with van der Waals surface area (Å²) in [5.41, 5.74) is 21.2. The minimum Gasteiger partial charge on any atom is -0.508 e. The maximum atomic E-state index is 13.4. The number of nitrogens with zero attached hydrogens (tertiary/aromatic N) is 5. The number of fused-ring (bicyclic) bond motifs is 5. The Morgan fingerprint density at radius 3 is 0.806 bits per heavy atom. The first-order valence-electron chi connectivity index (χ1n) is 44.0. The fourth-order valence-electron chi connectivity index (χ4n) is 18.6. The van der Waals surface area contributed by atoms with Crippen LogP contribution in [-0.4, -0.2) is 168 Å². The predicted molar refractivity (Wildman–Crippen MR) is 477 cm³/mol. The molecule has 10 aromatic carbocycles. The number of methoxy groups -OCH3 is 1. The molecule has 1 N–H and O–H groups in total. The number of hydrogen-bond donors (Lipinski definition) is 1. The summed E-state index contributed by atoms with van der Waals surface area (Å²) in [5.74, 6) is 4.38. The minimum atomic E-state index is -4.32. The monoisotopic (exact) mass is 1680 g/mol. The van der Waals surface area contributed by atoms with Gasteiger partial charge in [-0.25, -0.2) is 17.6 Å². The molecule has 10 aromatic rings. The number of aromatic hydroxyl groups is 1. The Labute approximate surface area is 723 Å². The van der Waals surface area contributed by atoms with Crippen LogP contribution < -0.4 is 28.4 Å². The summed E-state index contributed by atoms with van der Waals surface area (Å²) >= 11 is 0. The fraction of sp³-hybridized carbons (Fsp3) is 0.333. The van der Waals surface area contributed by atoms with E-state index >= 15 is 0 Å². The molecule has 5 fully saturated rings. The largest absolute Gasteiger partial charge is 0.508 e. The SMILES string of the molecule is COc1ccc2c(c1)C(c1ccc(F)cc1)=C(CN1CCCC1)CO2.FC(F)(F)c1ccc(C2=C(CN3CCCCC3)COc3ccccc32)cc1.Fc1ccc(C2=C(CN3CCCCC3)COc3ccccc32)cc1.Fc1ccc(C2=C(CN3CCCCC3)COc3ccccc32)cc1.Oc1ccc2c(c1)C(c1ccc(F)cc1)=C(CN1CCCC1)CO2. The van der Waals surface area contributed by atoms with E-state index in [0.29, 0.717) is 33.0 Å². The van der Waals surface area contributed by atoms with Gasteiger partial charge in [0.25, 0.3) is 0 Å². The van der Waals surface area contributed by atoms with E-state index in [1.54, 1.807) is 73.8 Å². The van der Waals surface area contributed by atoms with Gasteiger partial charge in [0.15, 0.2) is 0 Å². The lowest BCUT2D eigenvalue weighted by Crippen LogP contribution is -2.33. The standard InChI is InChI=1S/C22H22F3NO.C21H22FNO2.2C21H22FNO.C20H20FNO2/c23-22(24,25)18-10-8-16(9-11-18)21-17(14-26-12-4-1-5-13-26)15-27-20-7-3-2-6-19(20)21;1-24-18-8-9-20-19(12-18)21(15-4-6-17(22)7-5-15)16(14-25-20)13-23-10-2-3-11-23;2*22-18-10-8-16(9-11-18)21-17(14-23-12-4-1-5-13-23)15-24-20-7-3-2-6-19(20)21;21-16-5-3-14(4-6-16)20-15(12-22-9-1-2-10-22)13-24-19-8-7-17(23)11-18(19)20/h2-3,6-11H,1,4-5,12-15H2;4-9,12H,2-3,10-11,13-14H2,1H3;2*2-3,6-11H,1,4-5,12-15H2;3-8,11,23H,1-2,9-10,12-13H2. The molecule has 644 valence electrons. The summed E-state index contributed by atoms with van der Waals surface area (Å²) < 4.78 is 128. The lowest BCUT2D eigenvalue weighted by Gasteiger charge is -2.31. The van der Waals surface area contributed by atoms with Gasteiger partial charge in [-0.15, -0.1) is 0 Å². The molecule has 0 aromatic heterocycles. The lowest BCUT2D eigenvalue weighted by atomic mass is 9.90. The molecule has 0 radical (unpaired) electrons. The van der Waals surface area contributed by atoms with Crippen LogP contribution in [0.15, 0.2) is 258 Å². The lowest BCUT2D eigenvalue weighted by molar-refractivity contribution is -0.137. The van der Waals surface area contributed by atoms with E-state index < -0.39 is 11.7 Å². The number of rotatable bonds is 16. The third-order valence-corrected chi connectivity index (χ3v) is 24.8. The predicted octanol–water partition coefficient (Wildman–Crippen LogP) is 22.3. The van der Waals surface area contributed by atoms with Crippen LogP contribution in [0.25, 0.3) is 27.9 Å². The number of para-hydroxylation sites is 3. The summed E-state index contributed by atoms with van der Waals surface area (Å²) in [5, 5.41) is 9.92. The number of benzene rings is 10. The molecule has 19 heteroatoms. The van der Waals surface area contributed by atoms with Gasteiger partial charge in [-0.3, -0.25) is 24.5 Å². The van der Waals surface area contributed by atoms with Crippen molar-refractivity contribution >= 4 is 27.9 Å². The van der Waals surface area contributed by atoms with Gasteiger partial charge in [0.05, 0.1) is 12.7 Å². The van der Waals surface area contributed by atoms with Gasteiger partial charge in [-0.05, 0) is 328 Å². The Morgan fingerprint density at radius 1 is 0.282 bits per heavy atom. The van der Waals surface area contributed by atoms with Gasteiger partial charge in [-0.1, -0.05) is 135 Å². The van der Waals surface area contributed by atoms with Crippen molar-refractivity contribution in [3.8, 4) is 40.2 Å². The second kappa shape index (κ2) is 41.1. The van der Waals surface area contributed by atoms with Crippen molar-refractivity contribution < 1.29 is 64.3 Å². The molecule has 0 saturated carbocycles. The molecular weight excluding hydrogens is 1580 g/mol. The van der Waals surface area contributed by atoms with E-state index in [1.165, 1.54) is 153 Å². The summed E-state index contributed by atoms with van der Waals surface area (Å²) in [6.07, 6.45) is 12.1. The molecule has 0 bridgehead atoms. The molecule has 0 atom stereocenters. The van der Waals surface area contributed by atoms with Gasteiger partial charge < -0.3 is 33.5 Å². The normalized spacial score (nSPS) is 17.9. The first-order valence-corrected chi connectivity index (χ1v) is 44.0. The number of phenols is 1. The molecule has 10 aliphatic heterocycles. The molecule has 0 spiro atoms. The Bertz CT molecular complexity index is 5330. The fourth-order valence-corrected chi connectivity index (χ4v) is 18.6. The summed E-state index contributed by atoms with van der Waals surface area (Å²) in [6, 6.07) is 67.5. The van der Waals surface area contributed by atoms with Crippen molar-refractivity contribution in [1.82, 2.24) is 24.5 Å². The second-order valence-electron chi connectivity index (χ2n) is 33.4. The summed E-state index contributed by atoms with van der Waals surface area (Å²) in [7, 11) is 1.66. The zero-order valence-electron chi connectivity index (χ0n) is 70.6. The van der Waals surface area contributed by atoms with Gasteiger partial charge in [0.2, 0.25) is 0 Å². The van der Waals surface area contributed by atoms with Crippen LogP contribution >= 0.6 is 0 Å². The average Bonchev–Trinajstić information content (AvgIpc) is 0.813. The summed E-state index contributed by atoms with van der Waals surface area (Å²) in [6.45, 7) is 18.4. The number of hydrogen-bond acceptors (Lipinski definition) is 12. The molecule has 20 rings (SSSR count). The topological polar surface area (TPSA) is 91.8 Å².